The first-order valence-corrected chi connectivity index (χ1v) is 6.03. The third-order valence-electron chi connectivity index (χ3n) is 2.47. The second-order valence-electron chi connectivity index (χ2n) is 3.66. The Morgan fingerprint density at radius 3 is 3.12 bits per heavy atom. The quantitative estimate of drug-likeness (QED) is 0.902. The molecule has 0 aromatic carbocycles. The minimum atomic E-state index is -0.335. The van der Waals surface area contributed by atoms with Crippen LogP contribution in [-0.4, -0.2) is 20.7 Å². The average Bonchev–Trinajstić information content (AvgIpc) is 2.98. The van der Waals surface area contributed by atoms with Crippen LogP contribution in [-0.2, 0) is 0 Å². The zero-order chi connectivity index (χ0) is 12.3. The number of anilines is 1. The van der Waals surface area contributed by atoms with Gasteiger partial charge in [0.05, 0.1) is 11.9 Å². The Labute approximate surface area is 102 Å². The molecule has 0 saturated heterocycles. The molecule has 1 N–H and O–H groups in total. The molecule has 0 saturated carbocycles. The maximum atomic E-state index is 11.7. The molecule has 2 aromatic heterocycles. The molecule has 1 amide bonds. The van der Waals surface area contributed by atoms with Crippen LogP contribution in [0.1, 0.15) is 42.4 Å². The van der Waals surface area contributed by atoms with Crippen LogP contribution in [0.3, 0.4) is 0 Å². The molecule has 0 radical (unpaired) electrons. The van der Waals surface area contributed by atoms with Crippen molar-refractivity contribution in [1.82, 2.24) is 14.7 Å². The Morgan fingerprint density at radius 2 is 2.47 bits per heavy atom. The van der Waals surface area contributed by atoms with Crippen molar-refractivity contribution in [2.24, 2.45) is 0 Å². The van der Waals surface area contributed by atoms with E-state index in [0.717, 1.165) is 23.6 Å². The summed E-state index contributed by atoms with van der Waals surface area (Å²) in [5.41, 5.74) is 0.792. The van der Waals surface area contributed by atoms with Gasteiger partial charge in [0.25, 0.3) is 5.91 Å². The molecule has 0 unspecified atom stereocenters. The fraction of sp³-hybridized carbons (Fsp3) is 0.400. The monoisotopic (exact) mass is 252 g/mol. The molecule has 2 aromatic rings. The van der Waals surface area contributed by atoms with Crippen LogP contribution in [0, 0.1) is 0 Å². The highest BCUT2D eigenvalue weighted by Crippen LogP contribution is 2.19. The lowest BCUT2D eigenvalue weighted by Gasteiger charge is -2.00. The summed E-state index contributed by atoms with van der Waals surface area (Å²) in [5.74, 6) is 0.150. The molecule has 2 heterocycles. The lowest BCUT2D eigenvalue weighted by atomic mass is 10.1. The van der Waals surface area contributed by atoms with Crippen molar-refractivity contribution in [3.8, 4) is 0 Å². The van der Waals surface area contributed by atoms with E-state index in [2.05, 4.69) is 27.0 Å². The maximum Gasteiger partial charge on any atom is 0.294 e. The maximum absolute atomic E-state index is 11.7. The molecular weight excluding hydrogens is 240 g/mol. The van der Waals surface area contributed by atoms with E-state index in [-0.39, 0.29) is 17.6 Å². The number of hydrogen-bond acceptors (Lipinski definition) is 6. The molecular formula is C10H12N4O2S. The smallest absolute Gasteiger partial charge is 0.294 e. The van der Waals surface area contributed by atoms with Crippen molar-refractivity contribution in [2.45, 2.75) is 26.2 Å². The Hall–Kier alpha value is -1.76. The van der Waals surface area contributed by atoms with Gasteiger partial charge in [0.15, 0.2) is 0 Å². The molecule has 1 atom stereocenters. The second kappa shape index (κ2) is 5.05. The Kier molecular flexibility index (Phi) is 3.48. The minimum Gasteiger partial charge on any atom is -0.351 e. The van der Waals surface area contributed by atoms with Crippen LogP contribution in [0.25, 0.3) is 0 Å². The molecule has 7 heteroatoms. The van der Waals surface area contributed by atoms with Crippen LogP contribution in [0.5, 0.6) is 0 Å². The first-order chi connectivity index (χ1) is 8.20. The van der Waals surface area contributed by atoms with E-state index in [1.54, 1.807) is 6.07 Å². The van der Waals surface area contributed by atoms with Gasteiger partial charge in [-0.3, -0.25) is 4.79 Å². The highest BCUT2D eigenvalue weighted by molar-refractivity contribution is 7.10. The van der Waals surface area contributed by atoms with E-state index >= 15 is 0 Å². The molecule has 2 rings (SSSR count). The normalized spacial score (nSPS) is 12.4. The van der Waals surface area contributed by atoms with E-state index in [9.17, 15) is 4.79 Å². The summed E-state index contributed by atoms with van der Waals surface area (Å²) >= 11 is 1.11. The minimum absolute atomic E-state index is 0.203. The number of carbonyl (C=O) groups excluding carboxylic acids is 1. The summed E-state index contributed by atoms with van der Waals surface area (Å²) in [6.45, 7) is 4.09. The van der Waals surface area contributed by atoms with Crippen LogP contribution >= 0.6 is 11.5 Å². The molecule has 0 aliphatic rings. The average molecular weight is 252 g/mol. The van der Waals surface area contributed by atoms with E-state index in [1.807, 2.05) is 6.92 Å². The Bertz CT molecular complexity index is 494. The first kappa shape index (κ1) is 11.7. The van der Waals surface area contributed by atoms with Gasteiger partial charge in [0, 0.05) is 23.5 Å². The Morgan fingerprint density at radius 1 is 1.65 bits per heavy atom. The van der Waals surface area contributed by atoms with Gasteiger partial charge in [-0.25, -0.2) is 0 Å². The standard InChI is InChI=1S/C10H12N4O2S/c1-3-6(2)7-4-8(16-13-7)10(15)12-9-5-11-14-17-9/h4-6H,3H2,1-2H3,(H,12,15)/t6-/m0/s1. The first-order valence-electron chi connectivity index (χ1n) is 5.26. The summed E-state index contributed by atoms with van der Waals surface area (Å²) in [6, 6.07) is 1.66. The number of nitrogens with zero attached hydrogens (tertiary/aromatic N) is 3. The summed E-state index contributed by atoms with van der Waals surface area (Å²) < 4.78 is 8.65. The van der Waals surface area contributed by atoms with E-state index in [4.69, 9.17) is 4.52 Å². The number of hydrogen-bond donors (Lipinski definition) is 1. The fourth-order valence-electron chi connectivity index (χ4n) is 1.23. The van der Waals surface area contributed by atoms with Gasteiger partial charge in [-0.15, -0.1) is 5.10 Å². The third-order valence-corrected chi connectivity index (χ3v) is 3.05. The predicted octanol–water partition coefficient (Wildman–Crippen LogP) is 2.29. The van der Waals surface area contributed by atoms with Crippen molar-refractivity contribution < 1.29 is 9.32 Å². The SMILES string of the molecule is CC[C@H](C)c1cc(C(=O)Nc2cnns2)on1. The van der Waals surface area contributed by atoms with Crippen LogP contribution < -0.4 is 5.32 Å². The largest absolute Gasteiger partial charge is 0.351 e. The number of rotatable bonds is 4. The van der Waals surface area contributed by atoms with Gasteiger partial charge in [0.1, 0.15) is 5.00 Å². The van der Waals surface area contributed by atoms with Gasteiger partial charge in [-0.2, -0.15) is 0 Å². The highest BCUT2D eigenvalue weighted by atomic mass is 32.1. The summed E-state index contributed by atoms with van der Waals surface area (Å²) in [4.78, 5) is 11.7. The number of nitrogens with one attached hydrogen (secondary N) is 1. The lowest BCUT2D eigenvalue weighted by molar-refractivity contribution is 0.0988. The fourth-order valence-corrected chi connectivity index (χ4v) is 1.65. The summed E-state index contributed by atoms with van der Waals surface area (Å²) in [7, 11) is 0. The molecule has 6 nitrogen and oxygen atoms in total. The summed E-state index contributed by atoms with van der Waals surface area (Å²) in [5, 5.41) is 10.7. The zero-order valence-electron chi connectivity index (χ0n) is 9.51. The predicted molar refractivity (Wildman–Crippen MR) is 63.1 cm³/mol. The number of aromatic nitrogens is 3. The van der Waals surface area contributed by atoms with Crippen molar-refractivity contribution >= 4 is 22.4 Å². The second-order valence-corrected chi connectivity index (χ2v) is 4.45. The van der Waals surface area contributed by atoms with E-state index < -0.39 is 0 Å². The third kappa shape index (κ3) is 2.68. The molecule has 0 aliphatic carbocycles. The van der Waals surface area contributed by atoms with Gasteiger partial charge >= 0.3 is 0 Å². The van der Waals surface area contributed by atoms with Crippen molar-refractivity contribution in [1.29, 1.82) is 0 Å². The molecule has 0 bridgehead atoms. The van der Waals surface area contributed by atoms with E-state index in [0.29, 0.717) is 5.00 Å². The zero-order valence-corrected chi connectivity index (χ0v) is 10.3. The molecule has 0 spiro atoms. The molecule has 0 aliphatic heterocycles. The lowest BCUT2D eigenvalue weighted by Crippen LogP contribution is -2.09. The van der Waals surface area contributed by atoms with E-state index in [1.165, 1.54) is 6.20 Å². The number of carbonyl (C=O) groups is 1. The Balaban J connectivity index is 2.07. The number of amides is 1. The van der Waals surface area contributed by atoms with Crippen molar-refractivity contribution in [3.63, 3.8) is 0 Å². The molecule has 17 heavy (non-hydrogen) atoms. The summed E-state index contributed by atoms with van der Waals surface area (Å²) in [6.07, 6.45) is 2.43. The van der Waals surface area contributed by atoms with Gasteiger partial charge in [0.2, 0.25) is 5.76 Å². The van der Waals surface area contributed by atoms with Gasteiger partial charge in [-0.05, 0) is 6.42 Å². The molecule has 0 fully saturated rings. The van der Waals surface area contributed by atoms with Crippen molar-refractivity contribution in [2.75, 3.05) is 5.32 Å². The van der Waals surface area contributed by atoms with Gasteiger partial charge in [-0.1, -0.05) is 23.5 Å². The molecule has 90 valence electrons. The highest BCUT2D eigenvalue weighted by Gasteiger charge is 2.16. The van der Waals surface area contributed by atoms with Crippen LogP contribution in [0.4, 0.5) is 5.00 Å². The van der Waals surface area contributed by atoms with Gasteiger partial charge < -0.3 is 9.84 Å². The topological polar surface area (TPSA) is 80.9 Å². The van der Waals surface area contributed by atoms with Crippen LogP contribution in [0.2, 0.25) is 0 Å². The van der Waals surface area contributed by atoms with Crippen LogP contribution in [0.15, 0.2) is 16.8 Å². The van der Waals surface area contributed by atoms with Crippen molar-refractivity contribution in [3.05, 3.63) is 23.7 Å².